The van der Waals surface area contributed by atoms with Gasteiger partial charge in [0, 0.05) is 37.9 Å². The second-order valence-corrected chi connectivity index (χ2v) is 9.70. The number of nitrogens with one attached hydrogen (secondary N) is 1. The van der Waals surface area contributed by atoms with Gasteiger partial charge in [-0.3, -0.25) is 4.90 Å². The number of rotatable bonds is 7. The van der Waals surface area contributed by atoms with E-state index in [1.54, 1.807) is 6.07 Å². The molecular weight excluding hydrogens is 385 g/mol. The largest absolute Gasteiger partial charge is 0.445 e. The van der Waals surface area contributed by atoms with Crippen LogP contribution in [0.3, 0.4) is 0 Å². The third kappa shape index (κ3) is 6.84. The number of hydrogen-bond donors (Lipinski definition) is 1. The van der Waals surface area contributed by atoms with Crippen molar-refractivity contribution in [2.24, 2.45) is 5.41 Å². The molecule has 0 aromatic heterocycles. The van der Waals surface area contributed by atoms with Crippen LogP contribution < -0.4 is 10.2 Å². The number of anilines is 1. The van der Waals surface area contributed by atoms with Gasteiger partial charge in [-0.1, -0.05) is 20.8 Å². The van der Waals surface area contributed by atoms with E-state index in [4.69, 9.17) is 9.47 Å². The number of morpholine rings is 1. The van der Waals surface area contributed by atoms with Crippen LogP contribution in [0.2, 0.25) is 0 Å². The third-order valence-corrected chi connectivity index (χ3v) is 5.58. The molecule has 2 atom stereocenters. The van der Waals surface area contributed by atoms with E-state index < -0.39 is 0 Å². The summed E-state index contributed by atoms with van der Waals surface area (Å²) in [5, 5.41) is 3.09. The summed E-state index contributed by atoms with van der Waals surface area (Å²) in [6.45, 7) is 13.9. The van der Waals surface area contributed by atoms with Gasteiger partial charge in [-0.2, -0.15) is 0 Å². The zero-order valence-corrected chi connectivity index (χ0v) is 18.7. The summed E-state index contributed by atoms with van der Waals surface area (Å²) >= 11 is 0. The summed E-state index contributed by atoms with van der Waals surface area (Å²) in [7, 11) is 0. The molecule has 2 aliphatic rings. The van der Waals surface area contributed by atoms with E-state index in [0.717, 1.165) is 63.5 Å². The van der Waals surface area contributed by atoms with Crippen molar-refractivity contribution in [3.05, 3.63) is 29.6 Å². The number of hydrogen-bond acceptors (Lipinski definition) is 5. The lowest BCUT2D eigenvalue weighted by Gasteiger charge is -2.33. The Balaban J connectivity index is 1.51. The van der Waals surface area contributed by atoms with Crippen LogP contribution in [-0.4, -0.2) is 69.1 Å². The predicted molar refractivity (Wildman–Crippen MR) is 117 cm³/mol. The molecule has 1 saturated heterocycles. The number of benzene rings is 1. The second kappa shape index (κ2) is 9.96. The molecular formula is C23H36FN3O3. The van der Waals surface area contributed by atoms with Gasteiger partial charge < -0.3 is 19.7 Å². The van der Waals surface area contributed by atoms with E-state index in [1.165, 1.54) is 6.07 Å². The van der Waals surface area contributed by atoms with Gasteiger partial charge >= 0.3 is 6.09 Å². The van der Waals surface area contributed by atoms with Crippen molar-refractivity contribution in [1.82, 2.24) is 10.2 Å². The number of alkyl carbamates (subject to hydrolysis) is 1. The van der Waals surface area contributed by atoms with E-state index in [2.05, 4.69) is 35.9 Å². The first-order valence-electron chi connectivity index (χ1n) is 11.0. The predicted octanol–water partition coefficient (Wildman–Crippen LogP) is 3.44. The van der Waals surface area contributed by atoms with Crippen LogP contribution in [0.5, 0.6) is 0 Å². The maximum atomic E-state index is 13.4. The normalized spacial score (nSPS) is 19.3. The minimum absolute atomic E-state index is 0.0262. The van der Waals surface area contributed by atoms with E-state index in [9.17, 15) is 9.18 Å². The van der Waals surface area contributed by atoms with Gasteiger partial charge in [0.25, 0.3) is 0 Å². The smallest absolute Gasteiger partial charge is 0.407 e. The van der Waals surface area contributed by atoms with Gasteiger partial charge in [-0.25, -0.2) is 9.18 Å². The first-order chi connectivity index (χ1) is 14.2. The molecule has 1 N–H and O–H groups in total. The molecule has 1 fully saturated rings. The number of fused-ring (bicyclic) bond motifs is 1. The molecule has 2 aliphatic heterocycles. The highest BCUT2D eigenvalue weighted by Crippen LogP contribution is 2.28. The summed E-state index contributed by atoms with van der Waals surface area (Å²) in [6, 6.07) is 4.92. The van der Waals surface area contributed by atoms with Crippen molar-refractivity contribution in [2.45, 2.75) is 52.7 Å². The molecule has 3 rings (SSSR count). The van der Waals surface area contributed by atoms with Crippen molar-refractivity contribution < 1.29 is 18.7 Å². The van der Waals surface area contributed by atoms with Gasteiger partial charge in [0.05, 0.1) is 19.8 Å². The third-order valence-electron chi connectivity index (χ3n) is 5.58. The quantitative estimate of drug-likeness (QED) is 0.731. The topological polar surface area (TPSA) is 54.0 Å². The van der Waals surface area contributed by atoms with Crippen molar-refractivity contribution in [1.29, 1.82) is 0 Å². The number of amides is 1. The highest BCUT2D eigenvalue weighted by atomic mass is 19.1. The molecule has 168 valence electrons. The Bertz CT molecular complexity index is 716. The van der Waals surface area contributed by atoms with Crippen LogP contribution in [0.15, 0.2) is 18.2 Å². The minimum atomic E-state index is -0.372. The van der Waals surface area contributed by atoms with E-state index in [-0.39, 0.29) is 29.5 Å². The Hall–Kier alpha value is -1.86. The maximum Gasteiger partial charge on any atom is 0.407 e. The van der Waals surface area contributed by atoms with E-state index >= 15 is 0 Å². The monoisotopic (exact) mass is 421 g/mol. The SMILES string of the molecule is CC(CN1CCc2cc(F)ccc21)OC(=O)NC(CN1CCOCC1)CC(C)(C)C. The number of nitrogens with zero attached hydrogens (tertiary/aromatic N) is 2. The summed E-state index contributed by atoms with van der Waals surface area (Å²) in [4.78, 5) is 17.1. The van der Waals surface area contributed by atoms with Crippen LogP contribution in [0.25, 0.3) is 0 Å². The van der Waals surface area contributed by atoms with Crippen LogP contribution in [0.4, 0.5) is 14.9 Å². The van der Waals surface area contributed by atoms with Gasteiger partial charge in [0.2, 0.25) is 0 Å². The number of carbonyl (C=O) groups is 1. The molecule has 1 aromatic carbocycles. The highest BCUT2D eigenvalue weighted by Gasteiger charge is 2.26. The molecule has 0 bridgehead atoms. The molecule has 1 amide bonds. The Morgan fingerprint density at radius 2 is 1.97 bits per heavy atom. The lowest BCUT2D eigenvalue weighted by atomic mass is 9.88. The average Bonchev–Trinajstić information content (AvgIpc) is 3.02. The van der Waals surface area contributed by atoms with E-state index in [0.29, 0.717) is 6.54 Å². The van der Waals surface area contributed by atoms with Gasteiger partial charge in [-0.15, -0.1) is 0 Å². The van der Waals surface area contributed by atoms with Crippen molar-refractivity contribution >= 4 is 11.8 Å². The van der Waals surface area contributed by atoms with Gasteiger partial charge in [0.1, 0.15) is 11.9 Å². The molecule has 0 saturated carbocycles. The molecule has 2 heterocycles. The van der Waals surface area contributed by atoms with Crippen molar-refractivity contribution in [3.63, 3.8) is 0 Å². The summed E-state index contributed by atoms with van der Waals surface area (Å²) in [6.07, 6.45) is 1.06. The molecule has 0 radical (unpaired) electrons. The van der Waals surface area contributed by atoms with Crippen LogP contribution in [0.1, 0.15) is 39.7 Å². The zero-order chi connectivity index (χ0) is 21.7. The molecule has 0 aliphatic carbocycles. The minimum Gasteiger partial charge on any atom is -0.445 e. The van der Waals surface area contributed by atoms with Crippen LogP contribution in [0, 0.1) is 11.2 Å². The van der Waals surface area contributed by atoms with Crippen molar-refractivity contribution in [2.75, 3.05) is 50.8 Å². The molecule has 30 heavy (non-hydrogen) atoms. The standard InChI is InChI=1S/C23H36FN3O3/c1-17(15-27-8-7-18-13-19(24)5-6-21(18)27)30-22(28)25-20(14-23(2,3)4)16-26-9-11-29-12-10-26/h5-6,13,17,20H,7-12,14-16H2,1-4H3,(H,25,28). The Labute approximate surface area is 179 Å². The first kappa shape index (κ1) is 22.8. The number of halogens is 1. The number of carbonyl (C=O) groups excluding carboxylic acids is 1. The van der Waals surface area contributed by atoms with Crippen LogP contribution >= 0.6 is 0 Å². The van der Waals surface area contributed by atoms with E-state index in [1.807, 2.05) is 13.0 Å². The Kier molecular flexibility index (Phi) is 7.58. The van der Waals surface area contributed by atoms with Crippen LogP contribution in [-0.2, 0) is 15.9 Å². The number of ether oxygens (including phenoxy) is 2. The fourth-order valence-electron chi connectivity index (χ4n) is 4.36. The second-order valence-electron chi connectivity index (χ2n) is 9.70. The van der Waals surface area contributed by atoms with Gasteiger partial charge in [-0.05, 0) is 48.9 Å². The summed E-state index contributed by atoms with van der Waals surface area (Å²) < 4.78 is 24.5. The maximum absolute atomic E-state index is 13.4. The first-order valence-corrected chi connectivity index (χ1v) is 11.0. The fraction of sp³-hybridized carbons (Fsp3) is 0.696. The average molecular weight is 422 g/mol. The van der Waals surface area contributed by atoms with Crippen molar-refractivity contribution in [3.8, 4) is 0 Å². The summed E-state index contributed by atoms with van der Waals surface area (Å²) in [5.41, 5.74) is 2.15. The Morgan fingerprint density at radius 3 is 2.67 bits per heavy atom. The fourth-order valence-corrected chi connectivity index (χ4v) is 4.36. The zero-order valence-electron chi connectivity index (χ0n) is 18.7. The molecule has 0 spiro atoms. The molecule has 1 aromatic rings. The summed E-state index contributed by atoms with van der Waals surface area (Å²) in [5.74, 6) is -0.204. The highest BCUT2D eigenvalue weighted by molar-refractivity contribution is 5.68. The molecule has 7 heteroatoms. The molecule has 2 unspecified atom stereocenters. The van der Waals surface area contributed by atoms with Gasteiger partial charge in [0.15, 0.2) is 0 Å². The molecule has 6 nitrogen and oxygen atoms in total. The lowest BCUT2D eigenvalue weighted by molar-refractivity contribution is 0.0303. The lowest BCUT2D eigenvalue weighted by Crippen LogP contribution is -2.49. The Morgan fingerprint density at radius 1 is 1.23 bits per heavy atom.